The highest BCUT2D eigenvalue weighted by molar-refractivity contribution is 5.76. The van der Waals surface area contributed by atoms with E-state index >= 15 is 0 Å². The lowest BCUT2D eigenvalue weighted by molar-refractivity contribution is -0.121. The number of aryl methyl sites for hydroxylation is 2. The Balaban J connectivity index is 1.75. The normalized spacial score (nSPS) is 10.3. The van der Waals surface area contributed by atoms with Gasteiger partial charge >= 0.3 is 0 Å². The monoisotopic (exact) mass is 244 g/mol. The molecule has 2 aromatic rings. The second kappa shape index (κ2) is 5.95. The molecule has 18 heavy (non-hydrogen) atoms. The maximum Gasteiger partial charge on any atom is 0.220 e. The molecule has 94 valence electrons. The molecule has 1 aromatic heterocycles. The van der Waals surface area contributed by atoms with Crippen LogP contribution in [0.25, 0.3) is 0 Å². The van der Waals surface area contributed by atoms with E-state index in [0.29, 0.717) is 18.8 Å². The van der Waals surface area contributed by atoms with Crippen molar-refractivity contribution in [2.75, 3.05) is 0 Å². The fourth-order valence-corrected chi connectivity index (χ4v) is 1.71. The molecule has 2 N–H and O–H groups in total. The Morgan fingerprint density at radius 2 is 2.33 bits per heavy atom. The highest BCUT2D eigenvalue weighted by Crippen LogP contribution is 2.06. The van der Waals surface area contributed by atoms with E-state index in [1.165, 1.54) is 17.5 Å². The summed E-state index contributed by atoms with van der Waals surface area (Å²) in [5, 5.41) is 9.21. The number of amides is 1. The van der Waals surface area contributed by atoms with E-state index in [0.717, 1.165) is 6.42 Å². The van der Waals surface area contributed by atoms with Crippen molar-refractivity contribution in [2.24, 2.45) is 0 Å². The van der Waals surface area contributed by atoms with Gasteiger partial charge in [0, 0.05) is 6.42 Å². The summed E-state index contributed by atoms with van der Waals surface area (Å²) in [6.07, 6.45) is 2.66. The van der Waals surface area contributed by atoms with Gasteiger partial charge in [-0.1, -0.05) is 29.8 Å². The second-order valence-corrected chi connectivity index (χ2v) is 4.20. The molecule has 1 aromatic carbocycles. The number of nitrogens with zero attached hydrogens (tertiary/aromatic N) is 2. The fourth-order valence-electron chi connectivity index (χ4n) is 1.71. The van der Waals surface area contributed by atoms with E-state index < -0.39 is 0 Å². The van der Waals surface area contributed by atoms with Crippen molar-refractivity contribution in [1.82, 2.24) is 20.5 Å². The van der Waals surface area contributed by atoms with Crippen LogP contribution < -0.4 is 5.32 Å². The Morgan fingerprint density at radius 3 is 3.06 bits per heavy atom. The maximum atomic E-state index is 11.6. The van der Waals surface area contributed by atoms with Crippen LogP contribution in [-0.4, -0.2) is 21.1 Å². The number of carbonyl (C=O) groups excluding carboxylic acids is 1. The van der Waals surface area contributed by atoms with Crippen LogP contribution in [-0.2, 0) is 17.8 Å². The largest absolute Gasteiger partial charge is 0.349 e. The standard InChI is InChI=1S/C13H16N4O/c1-10-3-2-4-11(7-10)5-6-13(18)14-8-12-15-9-16-17-12/h2-4,7,9H,5-6,8H2,1H3,(H,14,18)(H,15,16,17). The van der Waals surface area contributed by atoms with Gasteiger partial charge in [0.05, 0.1) is 6.54 Å². The van der Waals surface area contributed by atoms with Gasteiger partial charge in [0.1, 0.15) is 12.2 Å². The van der Waals surface area contributed by atoms with Crippen LogP contribution in [0.5, 0.6) is 0 Å². The van der Waals surface area contributed by atoms with Crippen molar-refractivity contribution in [3.05, 3.63) is 47.5 Å². The van der Waals surface area contributed by atoms with Gasteiger partial charge in [-0.3, -0.25) is 9.89 Å². The SMILES string of the molecule is Cc1cccc(CCC(=O)NCc2ncn[nH]2)c1. The van der Waals surface area contributed by atoms with Crippen molar-refractivity contribution >= 4 is 5.91 Å². The van der Waals surface area contributed by atoms with E-state index in [-0.39, 0.29) is 5.91 Å². The van der Waals surface area contributed by atoms with Gasteiger partial charge in [0.2, 0.25) is 5.91 Å². The van der Waals surface area contributed by atoms with Gasteiger partial charge in [0.15, 0.2) is 0 Å². The molecule has 0 aliphatic rings. The summed E-state index contributed by atoms with van der Waals surface area (Å²) in [4.78, 5) is 15.6. The first-order valence-electron chi connectivity index (χ1n) is 5.90. The molecule has 1 heterocycles. The van der Waals surface area contributed by atoms with Crippen molar-refractivity contribution < 1.29 is 4.79 Å². The molecule has 1 amide bonds. The van der Waals surface area contributed by atoms with Crippen LogP contribution >= 0.6 is 0 Å². The predicted molar refractivity (Wildman–Crippen MR) is 67.7 cm³/mol. The lowest BCUT2D eigenvalue weighted by Gasteiger charge is -2.04. The smallest absolute Gasteiger partial charge is 0.220 e. The molecule has 0 saturated carbocycles. The van der Waals surface area contributed by atoms with E-state index in [2.05, 4.69) is 26.6 Å². The highest BCUT2D eigenvalue weighted by Gasteiger charge is 2.03. The van der Waals surface area contributed by atoms with Crippen LogP contribution in [0.4, 0.5) is 0 Å². The topological polar surface area (TPSA) is 70.7 Å². The first-order chi connectivity index (χ1) is 8.74. The van der Waals surface area contributed by atoms with Crippen molar-refractivity contribution in [3.63, 3.8) is 0 Å². The maximum absolute atomic E-state index is 11.6. The van der Waals surface area contributed by atoms with E-state index in [1.54, 1.807) is 0 Å². The Hall–Kier alpha value is -2.17. The average molecular weight is 244 g/mol. The Bertz CT molecular complexity index is 507. The number of hydrogen-bond acceptors (Lipinski definition) is 3. The molecule has 0 saturated heterocycles. The Kier molecular flexibility index (Phi) is 4.06. The molecular weight excluding hydrogens is 228 g/mol. The molecule has 0 radical (unpaired) electrons. The predicted octanol–water partition coefficient (Wildman–Crippen LogP) is 1.36. The molecule has 5 nitrogen and oxygen atoms in total. The first-order valence-corrected chi connectivity index (χ1v) is 5.90. The third-order valence-corrected chi connectivity index (χ3v) is 2.64. The molecular formula is C13H16N4O. The number of nitrogens with one attached hydrogen (secondary N) is 2. The van der Waals surface area contributed by atoms with Gasteiger partial charge in [-0.2, -0.15) is 5.10 Å². The molecule has 0 aliphatic heterocycles. The number of H-pyrrole nitrogens is 1. The number of carbonyl (C=O) groups is 1. The van der Waals surface area contributed by atoms with Crippen LogP contribution in [0.15, 0.2) is 30.6 Å². The lowest BCUT2D eigenvalue weighted by atomic mass is 10.1. The molecule has 2 rings (SSSR count). The van der Waals surface area contributed by atoms with Crippen LogP contribution in [0.1, 0.15) is 23.4 Å². The van der Waals surface area contributed by atoms with Crippen LogP contribution in [0.2, 0.25) is 0 Å². The summed E-state index contributed by atoms with van der Waals surface area (Å²) >= 11 is 0. The lowest BCUT2D eigenvalue weighted by Crippen LogP contribution is -2.23. The van der Waals surface area contributed by atoms with Gasteiger partial charge < -0.3 is 5.32 Å². The molecule has 5 heteroatoms. The zero-order valence-corrected chi connectivity index (χ0v) is 10.3. The number of aromatic amines is 1. The summed E-state index contributed by atoms with van der Waals surface area (Å²) in [6, 6.07) is 8.20. The minimum Gasteiger partial charge on any atom is -0.349 e. The third kappa shape index (κ3) is 3.69. The number of aromatic nitrogens is 3. The van der Waals surface area contributed by atoms with E-state index in [9.17, 15) is 4.79 Å². The van der Waals surface area contributed by atoms with Crippen LogP contribution in [0, 0.1) is 6.92 Å². The molecule has 0 spiro atoms. The average Bonchev–Trinajstić information content (AvgIpc) is 2.87. The van der Waals surface area contributed by atoms with E-state index in [4.69, 9.17) is 0 Å². The quantitative estimate of drug-likeness (QED) is 0.834. The van der Waals surface area contributed by atoms with Gasteiger partial charge in [-0.15, -0.1) is 0 Å². The fraction of sp³-hybridized carbons (Fsp3) is 0.308. The molecule has 0 unspecified atom stereocenters. The van der Waals surface area contributed by atoms with Gasteiger partial charge in [0.25, 0.3) is 0 Å². The highest BCUT2D eigenvalue weighted by atomic mass is 16.1. The van der Waals surface area contributed by atoms with Crippen molar-refractivity contribution in [1.29, 1.82) is 0 Å². The molecule has 0 fully saturated rings. The number of benzene rings is 1. The summed E-state index contributed by atoms with van der Waals surface area (Å²) in [5.74, 6) is 0.687. The van der Waals surface area contributed by atoms with Crippen LogP contribution in [0.3, 0.4) is 0 Å². The minimum atomic E-state index is 0.0212. The third-order valence-electron chi connectivity index (χ3n) is 2.64. The Labute approximate surface area is 106 Å². The van der Waals surface area contributed by atoms with Crippen molar-refractivity contribution in [2.45, 2.75) is 26.3 Å². The Morgan fingerprint density at radius 1 is 1.44 bits per heavy atom. The van der Waals surface area contributed by atoms with Crippen molar-refractivity contribution in [3.8, 4) is 0 Å². The first kappa shape index (κ1) is 12.3. The zero-order valence-electron chi connectivity index (χ0n) is 10.3. The molecule has 0 atom stereocenters. The summed E-state index contributed by atoms with van der Waals surface area (Å²) in [7, 11) is 0. The summed E-state index contributed by atoms with van der Waals surface area (Å²) in [6.45, 7) is 2.44. The summed E-state index contributed by atoms with van der Waals surface area (Å²) in [5.41, 5.74) is 2.40. The van der Waals surface area contributed by atoms with E-state index in [1.807, 2.05) is 25.1 Å². The summed E-state index contributed by atoms with van der Waals surface area (Å²) < 4.78 is 0. The second-order valence-electron chi connectivity index (χ2n) is 4.20. The van der Waals surface area contributed by atoms with Gasteiger partial charge in [-0.25, -0.2) is 4.98 Å². The number of hydrogen-bond donors (Lipinski definition) is 2. The minimum absolute atomic E-state index is 0.0212. The van der Waals surface area contributed by atoms with Gasteiger partial charge in [-0.05, 0) is 18.9 Å². The molecule has 0 aliphatic carbocycles. The number of rotatable bonds is 5. The molecule has 0 bridgehead atoms. The zero-order chi connectivity index (χ0) is 12.8.